The maximum atomic E-state index is 12.7. The van der Waals surface area contributed by atoms with Gasteiger partial charge in [-0.05, 0) is 44.0 Å². The fourth-order valence-electron chi connectivity index (χ4n) is 1.52. The Bertz CT molecular complexity index is 378. The van der Waals surface area contributed by atoms with Crippen LogP contribution in [0.2, 0.25) is 0 Å². The normalized spacial score (nSPS) is 14.1. The van der Waals surface area contributed by atoms with Gasteiger partial charge in [0.15, 0.2) is 0 Å². The minimum atomic E-state index is -0.430. The molecule has 1 unspecified atom stereocenters. The summed E-state index contributed by atoms with van der Waals surface area (Å²) >= 11 is 0. The van der Waals surface area contributed by atoms with Crippen LogP contribution in [0.15, 0.2) is 24.3 Å². The summed E-state index contributed by atoms with van der Waals surface area (Å²) in [7, 11) is 0. The molecular weight excluding hydrogens is 221 g/mol. The van der Waals surface area contributed by atoms with Crippen LogP contribution in [0.4, 0.5) is 4.39 Å². The maximum absolute atomic E-state index is 12.7. The van der Waals surface area contributed by atoms with Crippen molar-refractivity contribution in [3.8, 4) is 0 Å². The van der Waals surface area contributed by atoms with Crippen LogP contribution in [-0.2, 0) is 0 Å². The Morgan fingerprint density at radius 3 is 2.47 bits per heavy atom. The zero-order chi connectivity index (χ0) is 12.9. The second-order valence-corrected chi connectivity index (χ2v) is 4.35. The fraction of sp³-hybridized carbons (Fsp3) is 0.462. The van der Waals surface area contributed by atoms with Crippen molar-refractivity contribution in [2.24, 2.45) is 0 Å². The van der Waals surface area contributed by atoms with E-state index in [2.05, 4.69) is 5.32 Å². The lowest BCUT2D eigenvalue weighted by Crippen LogP contribution is -2.46. The second-order valence-electron chi connectivity index (χ2n) is 4.35. The van der Waals surface area contributed by atoms with E-state index in [1.54, 1.807) is 0 Å². The van der Waals surface area contributed by atoms with Crippen molar-refractivity contribution in [1.82, 2.24) is 5.32 Å². The van der Waals surface area contributed by atoms with E-state index in [0.29, 0.717) is 12.0 Å². The molecule has 17 heavy (non-hydrogen) atoms. The van der Waals surface area contributed by atoms with Gasteiger partial charge in [-0.1, -0.05) is 6.92 Å². The summed E-state index contributed by atoms with van der Waals surface area (Å²) in [6.45, 7) is 3.85. The van der Waals surface area contributed by atoms with Crippen molar-refractivity contribution in [2.45, 2.75) is 32.2 Å². The van der Waals surface area contributed by atoms with Crippen LogP contribution in [-0.4, -0.2) is 23.2 Å². The molecule has 1 atom stereocenters. The number of hydrogen-bond acceptors (Lipinski definition) is 2. The Labute approximate surface area is 101 Å². The predicted octanol–water partition coefficient (Wildman–Crippen LogP) is 2.11. The molecule has 1 rings (SSSR count). The Balaban J connectivity index is 2.74. The number of amides is 1. The van der Waals surface area contributed by atoms with Gasteiger partial charge in [0, 0.05) is 17.7 Å². The number of carbonyl (C=O) groups excluding carboxylic acids is 1. The summed E-state index contributed by atoms with van der Waals surface area (Å²) in [5, 5.41) is 11.8. The quantitative estimate of drug-likeness (QED) is 0.826. The van der Waals surface area contributed by atoms with Crippen molar-refractivity contribution < 1.29 is 14.3 Å². The Kier molecular flexibility index (Phi) is 4.63. The van der Waals surface area contributed by atoms with E-state index >= 15 is 0 Å². The number of aliphatic hydroxyl groups excluding tert-OH is 1. The van der Waals surface area contributed by atoms with Gasteiger partial charge in [0.05, 0.1) is 0 Å². The average Bonchev–Trinajstić information content (AvgIpc) is 2.30. The summed E-state index contributed by atoms with van der Waals surface area (Å²) in [6.07, 6.45) is 1.22. The van der Waals surface area contributed by atoms with Crippen molar-refractivity contribution in [3.05, 3.63) is 35.6 Å². The lowest BCUT2D eigenvalue weighted by atomic mass is 9.94. The van der Waals surface area contributed by atoms with Crippen molar-refractivity contribution >= 4 is 5.91 Å². The number of aliphatic hydroxyl groups is 1. The summed E-state index contributed by atoms with van der Waals surface area (Å²) in [5.74, 6) is -0.613. The van der Waals surface area contributed by atoms with E-state index in [0.717, 1.165) is 6.42 Å². The molecule has 0 bridgehead atoms. The lowest BCUT2D eigenvalue weighted by molar-refractivity contribution is 0.0886. The van der Waals surface area contributed by atoms with Crippen molar-refractivity contribution in [2.75, 3.05) is 6.61 Å². The van der Waals surface area contributed by atoms with E-state index < -0.39 is 5.54 Å². The van der Waals surface area contributed by atoms with Crippen molar-refractivity contribution in [1.29, 1.82) is 0 Å². The fourth-order valence-corrected chi connectivity index (χ4v) is 1.52. The topological polar surface area (TPSA) is 49.3 Å². The van der Waals surface area contributed by atoms with E-state index in [-0.39, 0.29) is 18.3 Å². The average molecular weight is 239 g/mol. The molecule has 94 valence electrons. The molecule has 2 N–H and O–H groups in total. The Hall–Kier alpha value is -1.42. The van der Waals surface area contributed by atoms with Crippen LogP contribution >= 0.6 is 0 Å². The molecule has 0 heterocycles. The minimum absolute atomic E-state index is 0.0219. The maximum Gasteiger partial charge on any atom is 0.251 e. The van der Waals surface area contributed by atoms with Gasteiger partial charge in [-0.25, -0.2) is 4.39 Å². The third-order valence-corrected chi connectivity index (χ3v) is 2.97. The third kappa shape index (κ3) is 3.82. The first-order valence-electron chi connectivity index (χ1n) is 5.69. The minimum Gasteiger partial charge on any atom is -0.396 e. The number of nitrogens with one attached hydrogen (secondary N) is 1. The van der Waals surface area contributed by atoms with Gasteiger partial charge in [-0.2, -0.15) is 0 Å². The molecule has 0 fully saturated rings. The number of benzene rings is 1. The second kappa shape index (κ2) is 5.77. The first-order chi connectivity index (χ1) is 8.00. The third-order valence-electron chi connectivity index (χ3n) is 2.97. The van der Waals surface area contributed by atoms with Crippen LogP contribution < -0.4 is 5.32 Å². The summed E-state index contributed by atoms with van der Waals surface area (Å²) < 4.78 is 12.7. The molecule has 4 heteroatoms. The van der Waals surface area contributed by atoms with E-state index in [1.807, 2.05) is 13.8 Å². The highest BCUT2D eigenvalue weighted by Crippen LogP contribution is 2.15. The van der Waals surface area contributed by atoms with E-state index in [4.69, 9.17) is 5.11 Å². The Morgan fingerprint density at radius 1 is 1.41 bits per heavy atom. The van der Waals surface area contributed by atoms with Crippen LogP contribution in [0.3, 0.4) is 0 Å². The first kappa shape index (κ1) is 13.6. The van der Waals surface area contributed by atoms with Gasteiger partial charge >= 0.3 is 0 Å². The number of rotatable bonds is 5. The highest BCUT2D eigenvalue weighted by molar-refractivity contribution is 5.94. The number of halogens is 1. The number of hydrogen-bond donors (Lipinski definition) is 2. The van der Waals surface area contributed by atoms with Crippen LogP contribution in [0, 0.1) is 5.82 Å². The molecule has 0 aliphatic carbocycles. The SMILES string of the molecule is CCC(C)(CCO)NC(=O)c1ccc(F)cc1. The molecule has 0 radical (unpaired) electrons. The molecular formula is C13H18FNO2. The molecule has 1 amide bonds. The molecule has 3 nitrogen and oxygen atoms in total. The molecule has 0 spiro atoms. The van der Waals surface area contributed by atoms with Gasteiger partial charge in [-0.15, -0.1) is 0 Å². The van der Waals surface area contributed by atoms with Crippen LogP contribution in [0.1, 0.15) is 37.0 Å². The highest BCUT2D eigenvalue weighted by atomic mass is 19.1. The van der Waals surface area contributed by atoms with E-state index in [1.165, 1.54) is 24.3 Å². The van der Waals surface area contributed by atoms with Gasteiger partial charge in [0.1, 0.15) is 5.82 Å². The van der Waals surface area contributed by atoms with Gasteiger partial charge < -0.3 is 10.4 Å². The zero-order valence-electron chi connectivity index (χ0n) is 10.2. The smallest absolute Gasteiger partial charge is 0.251 e. The predicted molar refractivity (Wildman–Crippen MR) is 64.3 cm³/mol. The summed E-state index contributed by atoms with van der Waals surface area (Å²) in [6, 6.07) is 5.40. The zero-order valence-corrected chi connectivity index (χ0v) is 10.2. The van der Waals surface area contributed by atoms with Crippen LogP contribution in [0.5, 0.6) is 0 Å². The van der Waals surface area contributed by atoms with E-state index in [9.17, 15) is 9.18 Å². The first-order valence-corrected chi connectivity index (χ1v) is 5.69. The van der Waals surface area contributed by atoms with Gasteiger partial charge in [-0.3, -0.25) is 4.79 Å². The monoisotopic (exact) mass is 239 g/mol. The standard InChI is InChI=1S/C13H18FNO2/c1-3-13(2,8-9-16)15-12(17)10-4-6-11(14)7-5-10/h4-7,16H,3,8-9H2,1-2H3,(H,15,17). The molecule has 0 aliphatic rings. The lowest BCUT2D eigenvalue weighted by Gasteiger charge is -2.29. The van der Waals surface area contributed by atoms with Gasteiger partial charge in [0.2, 0.25) is 0 Å². The summed E-state index contributed by atoms with van der Waals surface area (Å²) in [4.78, 5) is 11.9. The molecule has 1 aromatic carbocycles. The van der Waals surface area contributed by atoms with Gasteiger partial charge in [0.25, 0.3) is 5.91 Å². The largest absolute Gasteiger partial charge is 0.396 e. The summed E-state index contributed by atoms with van der Waals surface area (Å²) in [5.41, 5.74) is -0.00995. The van der Waals surface area contributed by atoms with Crippen LogP contribution in [0.25, 0.3) is 0 Å². The number of carbonyl (C=O) groups is 1. The highest BCUT2D eigenvalue weighted by Gasteiger charge is 2.24. The molecule has 0 saturated carbocycles. The Morgan fingerprint density at radius 2 is 2.00 bits per heavy atom. The van der Waals surface area contributed by atoms with Crippen molar-refractivity contribution in [3.63, 3.8) is 0 Å². The molecule has 0 saturated heterocycles. The molecule has 1 aromatic rings. The molecule has 0 aromatic heterocycles. The molecule has 0 aliphatic heterocycles.